The van der Waals surface area contributed by atoms with E-state index in [0.717, 1.165) is 37.3 Å². The molecule has 2 aliphatic heterocycles. The number of likely N-dealkylation sites (tertiary alicyclic amines) is 1. The minimum atomic E-state index is -0.354. The third-order valence-electron chi connectivity index (χ3n) is 6.72. The van der Waals surface area contributed by atoms with E-state index in [1.54, 1.807) is 12.1 Å². The van der Waals surface area contributed by atoms with Crippen LogP contribution in [0.2, 0.25) is 0 Å². The van der Waals surface area contributed by atoms with E-state index in [1.165, 1.54) is 37.1 Å². The van der Waals surface area contributed by atoms with Crippen LogP contribution in [0.3, 0.4) is 0 Å². The lowest BCUT2D eigenvalue weighted by Crippen LogP contribution is -2.47. The number of ether oxygens (including phenoxy) is 1. The molecule has 0 radical (unpaired) electrons. The van der Waals surface area contributed by atoms with Crippen LogP contribution >= 0.6 is 0 Å². The average Bonchev–Trinajstić information content (AvgIpc) is 2.75. The predicted octanol–water partition coefficient (Wildman–Crippen LogP) is 4.51. The topological polar surface area (TPSA) is 24.5 Å². The van der Waals surface area contributed by atoms with Gasteiger partial charge in [0.2, 0.25) is 0 Å². The zero-order valence-corrected chi connectivity index (χ0v) is 17.5. The molecule has 0 unspecified atom stereocenters. The third kappa shape index (κ3) is 5.06. The fraction of sp³-hybridized carbons (Fsp3) is 0.520. The summed E-state index contributed by atoms with van der Waals surface area (Å²) in [5.74, 6) is 0.660. The molecule has 2 saturated heterocycles. The Morgan fingerprint density at radius 2 is 1.76 bits per heavy atom. The molecule has 2 heterocycles. The molecule has 156 valence electrons. The number of nitrogens with zero attached hydrogens (tertiary/aromatic N) is 1. The van der Waals surface area contributed by atoms with Gasteiger partial charge < -0.3 is 15.0 Å². The van der Waals surface area contributed by atoms with E-state index in [2.05, 4.69) is 41.5 Å². The van der Waals surface area contributed by atoms with Crippen molar-refractivity contribution in [2.75, 3.05) is 33.4 Å². The Morgan fingerprint density at radius 1 is 1.03 bits per heavy atom. The quantitative estimate of drug-likeness (QED) is 0.778. The summed E-state index contributed by atoms with van der Waals surface area (Å²) in [6, 6.07) is 16.1. The van der Waals surface area contributed by atoms with Gasteiger partial charge in [-0.05, 0) is 75.4 Å². The van der Waals surface area contributed by atoms with E-state index < -0.39 is 0 Å². The van der Waals surface area contributed by atoms with Crippen LogP contribution in [0.15, 0.2) is 48.5 Å². The van der Waals surface area contributed by atoms with Crippen molar-refractivity contribution in [2.24, 2.45) is 5.92 Å². The Bertz CT molecular complexity index is 795. The number of hydrogen-bond acceptors (Lipinski definition) is 3. The van der Waals surface area contributed by atoms with Crippen LogP contribution in [-0.2, 0) is 23.2 Å². The number of rotatable bonds is 6. The first-order valence-electron chi connectivity index (χ1n) is 11.0. The highest BCUT2D eigenvalue weighted by Gasteiger charge is 2.36. The minimum absolute atomic E-state index is 0.127. The molecule has 4 rings (SSSR count). The molecule has 0 saturated carbocycles. The number of hydrogen-bond donors (Lipinski definition) is 1. The predicted molar refractivity (Wildman–Crippen MR) is 115 cm³/mol. The zero-order chi connectivity index (χ0) is 20.1. The van der Waals surface area contributed by atoms with Crippen molar-refractivity contribution in [1.29, 1.82) is 0 Å². The van der Waals surface area contributed by atoms with Crippen molar-refractivity contribution in [3.63, 3.8) is 0 Å². The molecule has 4 heteroatoms. The summed E-state index contributed by atoms with van der Waals surface area (Å²) in [6.07, 6.45) is 5.32. The highest BCUT2D eigenvalue weighted by Crippen LogP contribution is 2.34. The van der Waals surface area contributed by atoms with Gasteiger partial charge in [-0.2, -0.15) is 0 Å². The van der Waals surface area contributed by atoms with Gasteiger partial charge in [-0.3, -0.25) is 0 Å². The van der Waals surface area contributed by atoms with E-state index in [1.807, 2.05) is 12.1 Å². The lowest BCUT2D eigenvalue weighted by molar-refractivity contribution is 0.0344. The second-order valence-electron chi connectivity index (χ2n) is 8.80. The molecule has 1 N–H and O–H groups in total. The smallest absolute Gasteiger partial charge is 0.128 e. The lowest BCUT2D eigenvalue weighted by atomic mass is 9.82. The Hall–Kier alpha value is -1.75. The largest absolute Gasteiger partial charge is 0.381 e. The van der Waals surface area contributed by atoms with Crippen LogP contribution in [0, 0.1) is 11.7 Å². The number of benzene rings is 2. The van der Waals surface area contributed by atoms with Gasteiger partial charge in [-0.15, -0.1) is 0 Å². The Balaban J connectivity index is 1.45. The van der Waals surface area contributed by atoms with Crippen molar-refractivity contribution in [2.45, 2.75) is 44.2 Å². The van der Waals surface area contributed by atoms with Crippen LogP contribution in [0.5, 0.6) is 0 Å². The second-order valence-corrected chi connectivity index (χ2v) is 8.80. The van der Waals surface area contributed by atoms with Crippen LogP contribution in [-0.4, -0.2) is 38.3 Å². The highest BCUT2D eigenvalue weighted by molar-refractivity contribution is 5.29. The average molecular weight is 397 g/mol. The maximum Gasteiger partial charge on any atom is 0.128 e. The molecule has 0 aromatic heterocycles. The van der Waals surface area contributed by atoms with Gasteiger partial charge in [0.15, 0.2) is 0 Å². The Morgan fingerprint density at radius 3 is 2.52 bits per heavy atom. The van der Waals surface area contributed by atoms with E-state index in [4.69, 9.17) is 4.74 Å². The van der Waals surface area contributed by atoms with E-state index in [9.17, 15) is 4.39 Å². The molecule has 2 aromatic rings. The molecule has 2 fully saturated rings. The van der Waals surface area contributed by atoms with Crippen LogP contribution in [0.4, 0.5) is 4.39 Å². The fourth-order valence-electron chi connectivity index (χ4n) is 4.85. The second kappa shape index (κ2) is 9.38. The number of piperidine rings is 1. The van der Waals surface area contributed by atoms with Crippen LogP contribution in [0.1, 0.15) is 42.4 Å². The number of halogens is 1. The van der Waals surface area contributed by atoms with Gasteiger partial charge in [0.1, 0.15) is 5.82 Å². The SMILES string of the molecule is CN1CCC(Cc2cccc(CNC3(c4ccccc4F)CCOCC3)c2)CC1. The molecule has 3 nitrogen and oxygen atoms in total. The molecule has 2 aromatic carbocycles. The molecule has 0 spiro atoms. The first kappa shape index (κ1) is 20.5. The van der Waals surface area contributed by atoms with Crippen molar-refractivity contribution < 1.29 is 9.13 Å². The van der Waals surface area contributed by atoms with E-state index >= 15 is 0 Å². The normalized spacial score (nSPS) is 20.6. The third-order valence-corrected chi connectivity index (χ3v) is 6.72. The standard InChI is InChI=1S/C25H33FN2O/c1-28-13-9-20(10-14-28)17-21-5-4-6-22(18-21)19-27-25(11-15-29-16-12-25)23-7-2-3-8-24(23)26/h2-8,18,20,27H,9-17,19H2,1H3. The summed E-state index contributed by atoms with van der Waals surface area (Å²) in [5, 5.41) is 3.72. The maximum atomic E-state index is 14.6. The van der Waals surface area contributed by atoms with Crippen molar-refractivity contribution in [1.82, 2.24) is 10.2 Å². The van der Waals surface area contributed by atoms with Gasteiger partial charge in [0.05, 0.1) is 5.54 Å². The van der Waals surface area contributed by atoms with Crippen LogP contribution in [0.25, 0.3) is 0 Å². The van der Waals surface area contributed by atoms with E-state index in [-0.39, 0.29) is 11.4 Å². The van der Waals surface area contributed by atoms with Gasteiger partial charge in [0.25, 0.3) is 0 Å². The summed E-state index contributed by atoms with van der Waals surface area (Å²) in [4.78, 5) is 2.42. The summed E-state index contributed by atoms with van der Waals surface area (Å²) < 4.78 is 20.2. The summed E-state index contributed by atoms with van der Waals surface area (Å²) in [7, 11) is 2.21. The first-order chi connectivity index (χ1) is 14.1. The Kier molecular flexibility index (Phi) is 6.63. The highest BCUT2D eigenvalue weighted by atomic mass is 19.1. The molecule has 2 aliphatic rings. The number of nitrogens with one attached hydrogen (secondary N) is 1. The maximum absolute atomic E-state index is 14.6. The molecule has 0 bridgehead atoms. The van der Waals surface area contributed by atoms with Crippen LogP contribution < -0.4 is 5.32 Å². The molecular formula is C25H33FN2O. The van der Waals surface area contributed by atoms with Gasteiger partial charge >= 0.3 is 0 Å². The van der Waals surface area contributed by atoms with Crippen molar-refractivity contribution in [3.8, 4) is 0 Å². The summed E-state index contributed by atoms with van der Waals surface area (Å²) >= 11 is 0. The van der Waals surface area contributed by atoms with Gasteiger partial charge in [-0.1, -0.05) is 42.5 Å². The lowest BCUT2D eigenvalue weighted by Gasteiger charge is -2.39. The fourth-order valence-corrected chi connectivity index (χ4v) is 4.85. The van der Waals surface area contributed by atoms with Crippen molar-refractivity contribution >= 4 is 0 Å². The molecule has 29 heavy (non-hydrogen) atoms. The first-order valence-corrected chi connectivity index (χ1v) is 11.0. The monoisotopic (exact) mass is 396 g/mol. The summed E-state index contributed by atoms with van der Waals surface area (Å²) in [6.45, 7) is 4.49. The molecule has 0 aliphatic carbocycles. The molecule has 0 amide bonds. The van der Waals surface area contributed by atoms with Gasteiger partial charge in [0, 0.05) is 25.3 Å². The van der Waals surface area contributed by atoms with E-state index in [0.29, 0.717) is 13.2 Å². The zero-order valence-electron chi connectivity index (χ0n) is 17.5. The minimum Gasteiger partial charge on any atom is -0.381 e. The van der Waals surface area contributed by atoms with Crippen molar-refractivity contribution in [3.05, 3.63) is 71.0 Å². The molecular weight excluding hydrogens is 363 g/mol. The Labute approximate surface area is 174 Å². The van der Waals surface area contributed by atoms with Gasteiger partial charge in [-0.25, -0.2) is 4.39 Å². The molecule has 0 atom stereocenters. The summed E-state index contributed by atoms with van der Waals surface area (Å²) in [5.41, 5.74) is 3.11.